The molecule has 0 N–H and O–H groups in total. The average molecular weight is 194 g/mol. The van der Waals surface area contributed by atoms with Crippen molar-refractivity contribution in [2.75, 3.05) is 0 Å². The maximum atomic E-state index is 2.40. The Morgan fingerprint density at radius 1 is 0.643 bits per heavy atom. The molecule has 0 bridgehead atoms. The van der Waals surface area contributed by atoms with Gasteiger partial charge in [-0.2, -0.15) is 0 Å². The van der Waals surface area contributed by atoms with Crippen LogP contribution in [0, 0.1) is 17.8 Å². The Morgan fingerprint density at radius 3 is 1.57 bits per heavy atom. The fourth-order valence-electron chi connectivity index (χ4n) is 2.96. The molecule has 3 saturated carbocycles. The molecule has 3 fully saturated rings. The van der Waals surface area contributed by atoms with Gasteiger partial charge in [0.1, 0.15) is 0 Å². The van der Waals surface area contributed by atoms with E-state index in [-0.39, 0.29) is 0 Å². The lowest BCUT2D eigenvalue weighted by molar-refractivity contribution is 0.108. The molecule has 3 aliphatic rings. The van der Waals surface area contributed by atoms with Gasteiger partial charge in [0.2, 0.25) is 0 Å². The van der Waals surface area contributed by atoms with Crippen molar-refractivity contribution in [3.05, 3.63) is 0 Å². The van der Waals surface area contributed by atoms with Gasteiger partial charge in [0.15, 0.2) is 0 Å². The molecule has 0 unspecified atom stereocenters. The third kappa shape index (κ3) is 3.29. The SMILES string of the molecule is C1CC1.CC1CC(C2CCCCC2)C1. The third-order valence-electron chi connectivity index (χ3n) is 4.08. The maximum Gasteiger partial charge on any atom is -0.0381 e. The van der Waals surface area contributed by atoms with Gasteiger partial charge in [-0.3, -0.25) is 0 Å². The van der Waals surface area contributed by atoms with Crippen LogP contribution in [-0.4, -0.2) is 0 Å². The normalized spacial score (nSPS) is 36.6. The van der Waals surface area contributed by atoms with E-state index in [4.69, 9.17) is 0 Å². The van der Waals surface area contributed by atoms with Crippen LogP contribution in [0.2, 0.25) is 0 Å². The van der Waals surface area contributed by atoms with Gasteiger partial charge in [-0.05, 0) is 30.6 Å². The number of hydrogen-bond donors (Lipinski definition) is 0. The molecule has 0 atom stereocenters. The number of hydrogen-bond acceptors (Lipinski definition) is 0. The third-order valence-corrected chi connectivity index (χ3v) is 4.08. The zero-order chi connectivity index (χ0) is 9.80. The van der Waals surface area contributed by atoms with Crippen molar-refractivity contribution in [2.24, 2.45) is 17.8 Å². The van der Waals surface area contributed by atoms with E-state index in [1.165, 1.54) is 38.5 Å². The van der Waals surface area contributed by atoms with Gasteiger partial charge in [0, 0.05) is 0 Å². The number of rotatable bonds is 1. The Labute approximate surface area is 89.5 Å². The molecule has 0 radical (unpaired) electrons. The van der Waals surface area contributed by atoms with Crippen LogP contribution in [0.4, 0.5) is 0 Å². The van der Waals surface area contributed by atoms with Crippen molar-refractivity contribution in [3.63, 3.8) is 0 Å². The van der Waals surface area contributed by atoms with Gasteiger partial charge in [-0.1, -0.05) is 58.3 Å². The Hall–Kier alpha value is 0. The minimum Gasteiger partial charge on any atom is -0.0625 e. The van der Waals surface area contributed by atoms with Crippen LogP contribution >= 0.6 is 0 Å². The molecule has 14 heavy (non-hydrogen) atoms. The van der Waals surface area contributed by atoms with Crippen LogP contribution in [-0.2, 0) is 0 Å². The molecule has 0 aromatic carbocycles. The van der Waals surface area contributed by atoms with Crippen LogP contribution < -0.4 is 0 Å². The monoisotopic (exact) mass is 194 g/mol. The molecule has 0 aromatic rings. The second-order valence-corrected chi connectivity index (χ2v) is 5.80. The molecule has 0 amide bonds. The fraction of sp³-hybridized carbons (Fsp3) is 1.00. The van der Waals surface area contributed by atoms with Crippen LogP contribution in [0.25, 0.3) is 0 Å². The Balaban J connectivity index is 0.000000214. The molecular weight excluding hydrogens is 168 g/mol. The lowest BCUT2D eigenvalue weighted by Gasteiger charge is -2.40. The van der Waals surface area contributed by atoms with Gasteiger partial charge in [-0.25, -0.2) is 0 Å². The lowest BCUT2D eigenvalue weighted by atomic mass is 9.65. The van der Waals surface area contributed by atoms with Gasteiger partial charge in [0.25, 0.3) is 0 Å². The summed E-state index contributed by atoms with van der Waals surface area (Å²) in [6, 6.07) is 0. The van der Waals surface area contributed by atoms with Crippen molar-refractivity contribution >= 4 is 0 Å². The highest BCUT2D eigenvalue weighted by Gasteiger charge is 2.32. The highest BCUT2D eigenvalue weighted by molar-refractivity contribution is 4.83. The molecule has 0 aliphatic heterocycles. The van der Waals surface area contributed by atoms with Gasteiger partial charge < -0.3 is 0 Å². The van der Waals surface area contributed by atoms with Crippen molar-refractivity contribution in [3.8, 4) is 0 Å². The van der Waals surface area contributed by atoms with Gasteiger partial charge in [0.05, 0.1) is 0 Å². The second kappa shape index (κ2) is 5.19. The Morgan fingerprint density at radius 2 is 1.14 bits per heavy atom. The summed E-state index contributed by atoms with van der Waals surface area (Å²) in [6.07, 6.45) is 15.3. The maximum absolute atomic E-state index is 2.40. The smallest absolute Gasteiger partial charge is 0.0381 e. The largest absolute Gasteiger partial charge is 0.0625 e. The molecular formula is C14H26. The predicted octanol–water partition coefficient (Wildman–Crippen LogP) is 4.78. The topological polar surface area (TPSA) is 0 Å². The van der Waals surface area contributed by atoms with E-state index in [0.717, 1.165) is 17.8 Å². The second-order valence-electron chi connectivity index (χ2n) is 5.80. The first-order chi connectivity index (χ1) is 6.86. The molecule has 0 saturated heterocycles. The van der Waals surface area contributed by atoms with Crippen molar-refractivity contribution in [2.45, 2.75) is 71.1 Å². The molecule has 3 rings (SSSR count). The van der Waals surface area contributed by atoms with E-state index in [0.29, 0.717) is 0 Å². The molecule has 0 spiro atoms. The Kier molecular flexibility index (Phi) is 3.89. The van der Waals surface area contributed by atoms with E-state index in [1.54, 1.807) is 25.7 Å². The zero-order valence-electron chi connectivity index (χ0n) is 9.80. The predicted molar refractivity (Wildman–Crippen MR) is 62.3 cm³/mol. The summed E-state index contributed by atoms with van der Waals surface area (Å²) in [4.78, 5) is 0. The standard InChI is InChI=1S/C11H20.C3H6/c1-9-7-11(8-9)10-5-3-2-4-6-10;1-2-3-1/h9-11H,2-8H2,1H3;1-3H2. The molecule has 82 valence electrons. The molecule has 0 nitrogen and oxygen atoms in total. The molecule has 3 aliphatic carbocycles. The lowest BCUT2D eigenvalue weighted by Crippen LogP contribution is -2.29. The van der Waals surface area contributed by atoms with Gasteiger partial charge in [-0.15, -0.1) is 0 Å². The van der Waals surface area contributed by atoms with Crippen LogP contribution in [0.5, 0.6) is 0 Å². The summed E-state index contributed by atoms with van der Waals surface area (Å²) in [6.45, 7) is 2.40. The first-order valence-corrected chi connectivity index (χ1v) is 6.86. The summed E-state index contributed by atoms with van der Waals surface area (Å²) >= 11 is 0. The summed E-state index contributed by atoms with van der Waals surface area (Å²) in [5.74, 6) is 3.34. The summed E-state index contributed by atoms with van der Waals surface area (Å²) < 4.78 is 0. The summed E-state index contributed by atoms with van der Waals surface area (Å²) in [5.41, 5.74) is 0. The van der Waals surface area contributed by atoms with E-state index < -0.39 is 0 Å². The van der Waals surface area contributed by atoms with Gasteiger partial charge >= 0.3 is 0 Å². The first-order valence-electron chi connectivity index (χ1n) is 6.86. The van der Waals surface area contributed by atoms with Crippen LogP contribution in [0.1, 0.15) is 71.1 Å². The summed E-state index contributed by atoms with van der Waals surface area (Å²) in [5, 5.41) is 0. The molecule has 0 aromatic heterocycles. The molecule has 0 heteroatoms. The highest BCUT2D eigenvalue weighted by atomic mass is 14.4. The summed E-state index contributed by atoms with van der Waals surface area (Å²) in [7, 11) is 0. The quantitative estimate of drug-likeness (QED) is 0.563. The Bertz CT molecular complexity index is 145. The fourth-order valence-corrected chi connectivity index (χ4v) is 2.96. The van der Waals surface area contributed by atoms with E-state index in [9.17, 15) is 0 Å². The zero-order valence-corrected chi connectivity index (χ0v) is 9.80. The van der Waals surface area contributed by atoms with E-state index in [1.807, 2.05) is 0 Å². The minimum atomic E-state index is 1.06. The van der Waals surface area contributed by atoms with Crippen molar-refractivity contribution in [1.29, 1.82) is 0 Å². The van der Waals surface area contributed by atoms with Crippen LogP contribution in [0.3, 0.4) is 0 Å². The average Bonchev–Trinajstić information content (AvgIpc) is 3.01. The van der Waals surface area contributed by atoms with E-state index >= 15 is 0 Å². The van der Waals surface area contributed by atoms with Crippen molar-refractivity contribution < 1.29 is 0 Å². The van der Waals surface area contributed by atoms with E-state index in [2.05, 4.69) is 6.92 Å². The first kappa shape index (κ1) is 10.5. The highest BCUT2D eigenvalue weighted by Crippen LogP contribution is 2.43. The van der Waals surface area contributed by atoms with Crippen LogP contribution in [0.15, 0.2) is 0 Å². The molecule has 0 heterocycles. The van der Waals surface area contributed by atoms with Crippen molar-refractivity contribution in [1.82, 2.24) is 0 Å². The minimum absolute atomic E-state index is 1.06.